The van der Waals surface area contributed by atoms with Crippen LogP contribution in [0.5, 0.6) is 0 Å². The molecule has 0 atom stereocenters. The highest BCUT2D eigenvalue weighted by Gasteiger charge is 2.15. The lowest BCUT2D eigenvalue weighted by Gasteiger charge is -2.28. The summed E-state index contributed by atoms with van der Waals surface area (Å²) in [7, 11) is 0. The molecule has 0 spiro atoms. The van der Waals surface area contributed by atoms with Crippen molar-refractivity contribution in [2.45, 2.75) is 0 Å². The molecule has 1 aliphatic heterocycles. The summed E-state index contributed by atoms with van der Waals surface area (Å²) in [6.07, 6.45) is 5.49. The van der Waals surface area contributed by atoms with Crippen molar-refractivity contribution in [3.05, 3.63) is 59.3 Å². The molecular formula is C19H17N5O2. The minimum atomic E-state index is -0.390. The molecule has 5 rings (SSSR count). The Balaban J connectivity index is 1.59. The van der Waals surface area contributed by atoms with E-state index in [4.69, 9.17) is 4.42 Å². The van der Waals surface area contributed by atoms with Gasteiger partial charge in [0.05, 0.1) is 11.3 Å². The number of imidazole rings is 1. The highest BCUT2D eigenvalue weighted by atomic mass is 16.4. The molecule has 0 amide bonds. The zero-order chi connectivity index (χ0) is 17.5. The number of pyridine rings is 2. The molecule has 0 radical (unpaired) electrons. The predicted octanol–water partition coefficient (Wildman–Crippen LogP) is 1.91. The van der Waals surface area contributed by atoms with Crippen LogP contribution in [0, 0.1) is 0 Å². The zero-order valence-corrected chi connectivity index (χ0v) is 14.1. The molecule has 1 fully saturated rings. The Hall–Kier alpha value is -3.19. The van der Waals surface area contributed by atoms with Gasteiger partial charge in [-0.05, 0) is 18.2 Å². The van der Waals surface area contributed by atoms with Crippen molar-refractivity contribution >= 4 is 22.4 Å². The molecular weight excluding hydrogens is 330 g/mol. The van der Waals surface area contributed by atoms with Crippen LogP contribution in [0.1, 0.15) is 0 Å². The van der Waals surface area contributed by atoms with Gasteiger partial charge in [-0.1, -0.05) is 6.07 Å². The predicted molar refractivity (Wildman–Crippen MR) is 99.5 cm³/mol. The van der Waals surface area contributed by atoms with E-state index in [1.807, 2.05) is 41.1 Å². The van der Waals surface area contributed by atoms with Gasteiger partial charge in [-0.3, -0.25) is 0 Å². The summed E-state index contributed by atoms with van der Waals surface area (Å²) >= 11 is 0. The first-order valence-corrected chi connectivity index (χ1v) is 8.62. The molecule has 1 saturated heterocycles. The van der Waals surface area contributed by atoms with Crippen LogP contribution in [0.3, 0.4) is 0 Å². The highest BCUT2D eigenvalue weighted by Crippen LogP contribution is 2.23. The topological polar surface area (TPSA) is 75.7 Å². The minimum Gasteiger partial charge on any atom is -0.422 e. The Morgan fingerprint density at radius 1 is 1.15 bits per heavy atom. The van der Waals surface area contributed by atoms with Gasteiger partial charge >= 0.3 is 5.63 Å². The molecule has 0 bridgehead atoms. The Bertz CT molecular complexity index is 1120. The standard InChI is InChI=1S/C19H17N5O2/c25-19-14(15-12-24-6-2-1-3-17(24)22-15)9-13-11-21-18(10-16(13)26-19)23-7-4-20-5-8-23/h1-3,6,9-12,20H,4-5,7-8H2. The van der Waals surface area contributed by atoms with E-state index in [2.05, 4.69) is 20.2 Å². The molecule has 5 heterocycles. The lowest BCUT2D eigenvalue weighted by molar-refractivity contribution is 0.560. The number of fused-ring (bicyclic) bond motifs is 2. The van der Waals surface area contributed by atoms with Crippen molar-refractivity contribution in [1.82, 2.24) is 19.7 Å². The molecule has 1 N–H and O–H groups in total. The minimum absolute atomic E-state index is 0.390. The average Bonchev–Trinajstić information content (AvgIpc) is 3.11. The lowest BCUT2D eigenvalue weighted by Crippen LogP contribution is -2.43. The van der Waals surface area contributed by atoms with Crippen molar-refractivity contribution in [3.63, 3.8) is 0 Å². The normalized spacial score (nSPS) is 15.0. The number of nitrogens with zero attached hydrogens (tertiary/aromatic N) is 4. The Morgan fingerprint density at radius 2 is 2.04 bits per heavy atom. The third-order valence-corrected chi connectivity index (χ3v) is 4.68. The molecule has 4 aromatic heterocycles. The second-order valence-corrected chi connectivity index (χ2v) is 6.36. The third-order valence-electron chi connectivity index (χ3n) is 4.68. The highest BCUT2D eigenvalue weighted by molar-refractivity contribution is 5.82. The van der Waals surface area contributed by atoms with Crippen LogP contribution in [0.2, 0.25) is 0 Å². The number of nitrogens with one attached hydrogen (secondary N) is 1. The average molecular weight is 347 g/mol. The van der Waals surface area contributed by atoms with Crippen molar-refractivity contribution in [2.75, 3.05) is 31.1 Å². The Morgan fingerprint density at radius 3 is 2.88 bits per heavy atom. The number of anilines is 1. The first-order valence-electron chi connectivity index (χ1n) is 8.62. The van der Waals surface area contributed by atoms with Crippen LogP contribution < -0.4 is 15.8 Å². The van der Waals surface area contributed by atoms with Crippen molar-refractivity contribution in [2.24, 2.45) is 0 Å². The fraction of sp³-hybridized carbons (Fsp3) is 0.211. The van der Waals surface area contributed by atoms with Gasteiger partial charge in [0, 0.05) is 56.2 Å². The maximum Gasteiger partial charge on any atom is 0.345 e. The van der Waals surface area contributed by atoms with E-state index in [1.165, 1.54) is 0 Å². The Kier molecular flexibility index (Phi) is 3.46. The van der Waals surface area contributed by atoms with Crippen LogP contribution >= 0.6 is 0 Å². The number of hydrogen-bond donors (Lipinski definition) is 1. The molecule has 130 valence electrons. The third kappa shape index (κ3) is 2.53. The molecule has 7 nitrogen and oxygen atoms in total. The maximum atomic E-state index is 12.5. The largest absolute Gasteiger partial charge is 0.422 e. The summed E-state index contributed by atoms with van der Waals surface area (Å²) in [4.78, 5) is 23.8. The van der Waals surface area contributed by atoms with Crippen molar-refractivity contribution < 1.29 is 4.42 Å². The summed E-state index contributed by atoms with van der Waals surface area (Å²) in [6.45, 7) is 3.64. The summed E-state index contributed by atoms with van der Waals surface area (Å²) in [5.74, 6) is 0.836. The van der Waals surface area contributed by atoms with Crippen LogP contribution in [0.25, 0.3) is 27.9 Å². The van der Waals surface area contributed by atoms with E-state index in [0.29, 0.717) is 16.8 Å². The van der Waals surface area contributed by atoms with Gasteiger partial charge in [0.2, 0.25) is 0 Å². The van der Waals surface area contributed by atoms with Gasteiger partial charge in [-0.15, -0.1) is 0 Å². The van der Waals surface area contributed by atoms with Gasteiger partial charge in [0.15, 0.2) is 0 Å². The van der Waals surface area contributed by atoms with E-state index in [1.54, 1.807) is 12.3 Å². The smallest absolute Gasteiger partial charge is 0.345 e. The zero-order valence-electron chi connectivity index (χ0n) is 14.1. The van der Waals surface area contributed by atoms with Gasteiger partial charge in [0.25, 0.3) is 0 Å². The number of rotatable bonds is 2. The monoisotopic (exact) mass is 347 g/mol. The van der Waals surface area contributed by atoms with E-state index >= 15 is 0 Å². The fourth-order valence-corrected chi connectivity index (χ4v) is 3.31. The number of piperazine rings is 1. The van der Waals surface area contributed by atoms with Crippen LogP contribution in [0.4, 0.5) is 5.82 Å². The lowest BCUT2D eigenvalue weighted by atomic mass is 10.2. The molecule has 1 aliphatic rings. The van der Waals surface area contributed by atoms with Crippen LogP contribution in [-0.2, 0) is 0 Å². The number of aromatic nitrogens is 3. The van der Waals surface area contributed by atoms with Crippen LogP contribution in [0.15, 0.2) is 58.1 Å². The van der Waals surface area contributed by atoms with Crippen LogP contribution in [-0.4, -0.2) is 40.5 Å². The van der Waals surface area contributed by atoms with Gasteiger partial charge in [0.1, 0.15) is 17.0 Å². The fourth-order valence-electron chi connectivity index (χ4n) is 3.31. The SMILES string of the molecule is O=c1oc2cc(N3CCNCC3)ncc2cc1-c1cn2ccccc2n1. The van der Waals surface area contributed by atoms with E-state index in [0.717, 1.165) is 43.0 Å². The molecule has 26 heavy (non-hydrogen) atoms. The van der Waals surface area contributed by atoms with Gasteiger partial charge in [-0.2, -0.15) is 0 Å². The second kappa shape index (κ2) is 5.96. The first kappa shape index (κ1) is 15.1. The van der Waals surface area contributed by atoms with Gasteiger partial charge < -0.3 is 19.0 Å². The molecule has 4 aromatic rings. The van der Waals surface area contributed by atoms with E-state index in [-0.39, 0.29) is 0 Å². The quantitative estimate of drug-likeness (QED) is 0.597. The molecule has 0 aliphatic carbocycles. The van der Waals surface area contributed by atoms with Crippen molar-refractivity contribution in [1.29, 1.82) is 0 Å². The van der Waals surface area contributed by atoms with E-state index < -0.39 is 5.63 Å². The summed E-state index contributed by atoms with van der Waals surface area (Å²) in [5, 5.41) is 4.10. The van der Waals surface area contributed by atoms with E-state index in [9.17, 15) is 4.79 Å². The summed E-state index contributed by atoms with van der Waals surface area (Å²) in [6, 6.07) is 9.37. The van der Waals surface area contributed by atoms with Gasteiger partial charge in [-0.25, -0.2) is 14.8 Å². The number of hydrogen-bond acceptors (Lipinski definition) is 6. The molecule has 0 saturated carbocycles. The second-order valence-electron chi connectivity index (χ2n) is 6.36. The maximum absolute atomic E-state index is 12.5. The summed E-state index contributed by atoms with van der Waals surface area (Å²) < 4.78 is 7.47. The summed E-state index contributed by atoms with van der Waals surface area (Å²) in [5.41, 5.74) is 1.98. The molecule has 0 aromatic carbocycles. The molecule has 0 unspecified atom stereocenters. The Labute approximate surface area is 148 Å². The van der Waals surface area contributed by atoms with Crippen molar-refractivity contribution in [3.8, 4) is 11.3 Å². The first-order chi connectivity index (χ1) is 12.8. The molecule has 7 heteroatoms.